The first-order valence-electron chi connectivity index (χ1n) is 6.07. The third-order valence-electron chi connectivity index (χ3n) is 3.06. The molecule has 0 saturated heterocycles. The Morgan fingerprint density at radius 3 is 2.70 bits per heavy atom. The van der Waals surface area contributed by atoms with Gasteiger partial charge in [0.2, 0.25) is 0 Å². The molecule has 0 fully saturated rings. The van der Waals surface area contributed by atoms with Crippen LogP contribution in [0.15, 0.2) is 30.5 Å². The number of carboxylic acid groups (broad SMARTS) is 1. The number of carbonyl (C=O) groups is 1. The highest BCUT2D eigenvalue weighted by Gasteiger charge is 2.17. The Morgan fingerprint density at radius 1 is 1.45 bits per heavy atom. The quantitative estimate of drug-likeness (QED) is 0.911. The van der Waals surface area contributed by atoms with Gasteiger partial charge in [0.1, 0.15) is 6.04 Å². The SMILES string of the molecule is C[C@@H](C(=O)O)N(C)Cc1cn(-c2ccc(Cl)cc2)nn1. The zero-order valence-electron chi connectivity index (χ0n) is 11.2. The van der Waals surface area contributed by atoms with Crippen molar-refractivity contribution in [1.82, 2.24) is 19.9 Å². The Kier molecular flexibility index (Phi) is 4.36. The van der Waals surface area contributed by atoms with Gasteiger partial charge < -0.3 is 5.11 Å². The fraction of sp³-hybridized carbons (Fsp3) is 0.308. The molecule has 2 aromatic rings. The standard InChI is InChI=1S/C13H15ClN4O2/c1-9(13(19)20)17(2)7-11-8-18(16-15-11)12-5-3-10(14)4-6-12/h3-6,8-9H,7H2,1-2H3,(H,19,20)/t9-/m0/s1. The first kappa shape index (κ1) is 14.5. The van der Waals surface area contributed by atoms with E-state index in [1.54, 1.807) is 41.9 Å². The van der Waals surface area contributed by atoms with E-state index in [1.807, 2.05) is 12.1 Å². The van der Waals surface area contributed by atoms with Crippen LogP contribution in [-0.4, -0.2) is 44.1 Å². The van der Waals surface area contributed by atoms with Crippen molar-refractivity contribution in [2.45, 2.75) is 19.5 Å². The van der Waals surface area contributed by atoms with Crippen molar-refractivity contribution < 1.29 is 9.90 Å². The third-order valence-corrected chi connectivity index (χ3v) is 3.31. The number of carboxylic acids is 1. The molecule has 0 aliphatic heterocycles. The molecule has 0 aliphatic carbocycles. The smallest absolute Gasteiger partial charge is 0.320 e. The molecule has 0 bridgehead atoms. The summed E-state index contributed by atoms with van der Waals surface area (Å²) in [5, 5.41) is 17.7. The molecule has 106 valence electrons. The second kappa shape index (κ2) is 6.02. The Morgan fingerprint density at radius 2 is 2.10 bits per heavy atom. The van der Waals surface area contributed by atoms with Crippen LogP contribution < -0.4 is 0 Å². The van der Waals surface area contributed by atoms with Gasteiger partial charge in [0, 0.05) is 11.6 Å². The molecule has 20 heavy (non-hydrogen) atoms. The van der Waals surface area contributed by atoms with Crippen LogP contribution in [-0.2, 0) is 11.3 Å². The largest absolute Gasteiger partial charge is 0.480 e. The Bertz CT molecular complexity index is 597. The van der Waals surface area contributed by atoms with Gasteiger partial charge in [0.05, 0.1) is 17.6 Å². The maximum absolute atomic E-state index is 10.9. The van der Waals surface area contributed by atoms with Crippen LogP contribution in [0.2, 0.25) is 5.02 Å². The minimum absolute atomic E-state index is 0.418. The normalized spacial score (nSPS) is 12.6. The second-order valence-electron chi connectivity index (χ2n) is 4.56. The minimum Gasteiger partial charge on any atom is -0.480 e. The molecule has 1 heterocycles. The van der Waals surface area contributed by atoms with Crippen molar-refractivity contribution in [1.29, 1.82) is 0 Å². The molecule has 1 aromatic carbocycles. The summed E-state index contributed by atoms with van der Waals surface area (Å²) in [4.78, 5) is 12.6. The average Bonchev–Trinajstić information content (AvgIpc) is 2.87. The van der Waals surface area contributed by atoms with Crippen molar-refractivity contribution in [3.05, 3.63) is 41.2 Å². The molecule has 1 N–H and O–H groups in total. The summed E-state index contributed by atoms with van der Waals surface area (Å²) in [6.45, 7) is 2.05. The highest BCUT2D eigenvalue weighted by molar-refractivity contribution is 6.30. The predicted molar refractivity (Wildman–Crippen MR) is 74.9 cm³/mol. The topological polar surface area (TPSA) is 71.2 Å². The summed E-state index contributed by atoms with van der Waals surface area (Å²) in [7, 11) is 1.74. The molecule has 1 atom stereocenters. The summed E-state index contributed by atoms with van der Waals surface area (Å²) in [5.74, 6) is -0.863. The van der Waals surface area contributed by atoms with Crippen molar-refractivity contribution in [2.75, 3.05) is 7.05 Å². The number of nitrogens with zero attached hydrogens (tertiary/aromatic N) is 4. The van der Waals surface area contributed by atoms with Crippen LogP contribution >= 0.6 is 11.6 Å². The van der Waals surface area contributed by atoms with Gasteiger partial charge in [-0.05, 0) is 38.2 Å². The molecule has 0 amide bonds. The molecule has 7 heteroatoms. The lowest BCUT2D eigenvalue weighted by Gasteiger charge is -2.19. The lowest BCUT2D eigenvalue weighted by atomic mass is 10.3. The molecule has 0 unspecified atom stereocenters. The molecule has 6 nitrogen and oxygen atoms in total. The number of rotatable bonds is 5. The molecule has 2 rings (SSSR count). The number of benzene rings is 1. The number of hydrogen-bond acceptors (Lipinski definition) is 4. The van der Waals surface area contributed by atoms with Gasteiger partial charge in [0.15, 0.2) is 0 Å². The van der Waals surface area contributed by atoms with Crippen molar-refractivity contribution in [2.24, 2.45) is 0 Å². The van der Waals surface area contributed by atoms with E-state index in [9.17, 15) is 4.79 Å². The van der Waals surface area contributed by atoms with E-state index in [-0.39, 0.29) is 0 Å². The third kappa shape index (κ3) is 3.34. The number of hydrogen-bond donors (Lipinski definition) is 1. The number of halogens is 1. The molecule has 0 radical (unpaired) electrons. The summed E-state index contributed by atoms with van der Waals surface area (Å²) in [6, 6.07) is 6.65. The molecule has 1 aromatic heterocycles. The van der Waals surface area contributed by atoms with Gasteiger partial charge in [-0.1, -0.05) is 16.8 Å². The first-order chi connectivity index (χ1) is 9.47. The first-order valence-corrected chi connectivity index (χ1v) is 6.45. The zero-order chi connectivity index (χ0) is 14.7. The highest BCUT2D eigenvalue weighted by Crippen LogP contribution is 2.13. The molecule has 0 aliphatic rings. The van der Waals surface area contributed by atoms with E-state index >= 15 is 0 Å². The lowest BCUT2D eigenvalue weighted by Crippen LogP contribution is -2.35. The van der Waals surface area contributed by atoms with E-state index in [0.717, 1.165) is 5.69 Å². The van der Waals surface area contributed by atoms with Crippen LogP contribution in [0.3, 0.4) is 0 Å². The summed E-state index contributed by atoms with van der Waals surface area (Å²) in [6.07, 6.45) is 1.77. The number of aromatic nitrogens is 3. The van der Waals surface area contributed by atoms with Gasteiger partial charge >= 0.3 is 5.97 Å². The van der Waals surface area contributed by atoms with E-state index in [1.165, 1.54) is 0 Å². The van der Waals surface area contributed by atoms with Gasteiger partial charge in [-0.25, -0.2) is 4.68 Å². The van der Waals surface area contributed by atoms with Crippen LogP contribution in [0.25, 0.3) is 5.69 Å². The van der Waals surface area contributed by atoms with E-state index in [4.69, 9.17) is 16.7 Å². The van der Waals surface area contributed by atoms with Crippen molar-refractivity contribution >= 4 is 17.6 Å². The monoisotopic (exact) mass is 294 g/mol. The Labute approximate surface area is 121 Å². The van der Waals surface area contributed by atoms with E-state index in [0.29, 0.717) is 17.3 Å². The van der Waals surface area contributed by atoms with Gasteiger partial charge in [-0.2, -0.15) is 0 Å². The lowest BCUT2D eigenvalue weighted by molar-refractivity contribution is -0.142. The summed E-state index contributed by atoms with van der Waals surface area (Å²) < 4.78 is 1.63. The Hall–Kier alpha value is -1.92. The van der Waals surface area contributed by atoms with Gasteiger partial charge in [0.25, 0.3) is 0 Å². The molecule has 0 spiro atoms. The summed E-state index contributed by atoms with van der Waals surface area (Å²) >= 11 is 5.83. The van der Waals surface area contributed by atoms with E-state index < -0.39 is 12.0 Å². The zero-order valence-corrected chi connectivity index (χ0v) is 11.9. The van der Waals surface area contributed by atoms with Crippen LogP contribution in [0.4, 0.5) is 0 Å². The molecule has 0 saturated carbocycles. The van der Waals surface area contributed by atoms with Gasteiger partial charge in [-0.15, -0.1) is 5.10 Å². The van der Waals surface area contributed by atoms with E-state index in [2.05, 4.69) is 10.3 Å². The van der Waals surface area contributed by atoms with Gasteiger partial charge in [-0.3, -0.25) is 9.69 Å². The number of likely N-dealkylation sites (N-methyl/N-ethyl adjacent to an activating group) is 1. The molecular formula is C13H15ClN4O2. The van der Waals surface area contributed by atoms with Crippen LogP contribution in [0, 0.1) is 0 Å². The summed E-state index contributed by atoms with van der Waals surface area (Å²) in [5.41, 5.74) is 1.55. The van der Waals surface area contributed by atoms with Crippen LogP contribution in [0.5, 0.6) is 0 Å². The minimum atomic E-state index is -0.863. The molecular weight excluding hydrogens is 280 g/mol. The second-order valence-corrected chi connectivity index (χ2v) is 5.00. The fourth-order valence-electron chi connectivity index (χ4n) is 1.67. The van der Waals surface area contributed by atoms with Crippen LogP contribution in [0.1, 0.15) is 12.6 Å². The highest BCUT2D eigenvalue weighted by atomic mass is 35.5. The maximum Gasteiger partial charge on any atom is 0.320 e. The average molecular weight is 295 g/mol. The maximum atomic E-state index is 10.9. The van der Waals surface area contributed by atoms with Crippen molar-refractivity contribution in [3.8, 4) is 5.69 Å². The fourth-order valence-corrected chi connectivity index (χ4v) is 1.80. The predicted octanol–water partition coefficient (Wildman–Crippen LogP) is 1.83. The van der Waals surface area contributed by atoms with Crippen molar-refractivity contribution in [3.63, 3.8) is 0 Å². The Balaban J connectivity index is 2.09. The number of aliphatic carboxylic acids is 1.